The molecule has 0 radical (unpaired) electrons. The van der Waals surface area contributed by atoms with Crippen molar-refractivity contribution in [2.45, 2.75) is 47.6 Å². The van der Waals surface area contributed by atoms with Crippen molar-refractivity contribution in [1.29, 1.82) is 5.41 Å². The lowest BCUT2D eigenvalue weighted by Gasteiger charge is -2.23. The van der Waals surface area contributed by atoms with Gasteiger partial charge in [0.1, 0.15) is 11.3 Å². The molecule has 1 heterocycles. The van der Waals surface area contributed by atoms with Crippen LogP contribution in [0.4, 0.5) is 0 Å². The first kappa shape index (κ1) is 15.8. The monoisotopic (exact) mass is 346 g/mol. The highest BCUT2D eigenvalue weighted by atomic mass is 32.2. The quantitative estimate of drug-likeness (QED) is 0.378. The van der Waals surface area contributed by atoms with Crippen LogP contribution in [0, 0.1) is 11.3 Å². The normalized spacial score (nSPS) is 30.3. The van der Waals surface area contributed by atoms with E-state index in [-0.39, 0.29) is 34.3 Å². The maximum atomic E-state index is 11.8. The molecule has 1 aliphatic heterocycles. The van der Waals surface area contributed by atoms with Gasteiger partial charge in [0.15, 0.2) is 0 Å². The van der Waals surface area contributed by atoms with E-state index < -0.39 is 13.1 Å². The van der Waals surface area contributed by atoms with Gasteiger partial charge in [0.2, 0.25) is 0 Å². The summed E-state index contributed by atoms with van der Waals surface area (Å²) < 4.78 is 5.55. The average molecular weight is 346 g/mol. The summed E-state index contributed by atoms with van der Waals surface area (Å²) in [7, 11) is -0.908. The van der Waals surface area contributed by atoms with Crippen LogP contribution in [0.3, 0.4) is 0 Å². The van der Waals surface area contributed by atoms with E-state index in [0.29, 0.717) is 10.6 Å². The number of benzene rings is 1. The number of rotatable bonds is 4. The molecule has 6 nitrogen and oxygen atoms in total. The van der Waals surface area contributed by atoms with Gasteiger partial charge in [-0.3, -0.25) is 5.41 Å². The molecule has 0 aromatic heterocycles. The lowest BCUT2D eigenvalue weighted by molar-refractivity contribution is 0.0690. The second-order valence-electron chi connectivity index (χ2n) is 6.88. The molecule has 8 heteroatoms. The molecule has 4 rings (SSSR count). The lowest BCUT2D eigenvalue weighted by atomic mass is 9.77. The Morgan fingerprint density at radius 3 is 2.83 bits per heavy atom. The van der Waals surface area contributed by atoms with Gasteiger partial charge in [-0.05, 0) is 43.2 Å². The van der Waals surface area contributed by atoms with E-state index in [1.807, 2.05) is 12.1 Å². The van der Waals surface area contributed by atoms with Crippen LogP contribution >= 0.6 is 11.8 Å². The zero-order valence-electron chi connectivity index (χ0n) is 13.1. The largest absolute Gasteiger partial charge is 0.535 e. The third-order valence-electron chi connectivity index (χ3n) is 5.33. The van der Waals surface area contributed by atoms with Crippen LogP contribution in [-0.4, -0.2) is 34.3 Å². The summed E-state index contributed by atoms with van der Waals surface area (Å²) in [5, 5.41) is 27.5. The molecule has 0 saturated heterocycles. The van der Waals surface area contributed by atoms with Crippen molar-refractivity contribution in [3.05, 3.63) is 23.3 Å². The maximum Gasteiger partial charge on any atom is 0.526 e. The Kier molecular flexibility index (Phi) is 3.76. The van der Waals surface area contributed by atoms with Gasteiger partial charge in [-0.15, -0.1) is 11.8 Å². The minimum absolute atomic E-state index is 0.0960. The van der Waals surface area contributed by atoms with Gasteiger partial charge >= 0.3 is 13.1 Å². The van der Waals surface area contributed by atoms with Crippen molar-refractivity contribution in [3.63, 3.8) is 0 Å². The number of thioether (sulfide) groups is 1. The number of carbonyl (C=O) groups is 1. The highest BCUT2D eigenvalue weighted by Gasteiger charge is 2.54. The number of fused-ring (bicyclic) bond motifs is 3. The third kappa shape index (κ3) is 2.57. The first-order chi connectivity index (χ1) is 11.5. The van der Waals surface area contributed by atoms with E-state index in [1.165, 1.54) is 11.8 Å². The van der Waals surface area contributed by atoms with Crippen molar-refractivity contribution in [3.8, 4) is 5.75 Å². The van der Waals surface area contributed by atoms with E-state index in [4.69, 9.17) is 15.8 Å². The second-order valence-corrected chi connectivity index (χ2v) is 8.22. The van der Waals surface area contributed by atoms with Crippen LogP contribution in [-0.2, 0) is 0 Å². The maximum absolute atomic E-state index is 11.8. The van der Waals surface area contributed by atoms with Gasteiger partial charge in [0.05, 0.1) is 5.84 Å². The van der Waals surface area contributed by atoms with E-state index >= 15 is 0 Å². The molecule has 1 unspecified atom stereocenters. The lowest BCUT2D eigenvalue weighted by Crippen LogP contribution is -2.27. The molecule has 2 aliphatic carbocycles. The van der Waals surface area contributed by atoms with E-state index in [9.17, 15) is 14.9 Å². The van der Waals surface area contributed by atoms with Crippen molar-refractivity contribution in [2.75, 3.05) is 0 Å². The standard InChI is InChI=1S/C16H19BN2O4S/c18-15(19)7-1-2-8(5-7)24-12-4-3-9-10-6-11(10)17(22)23-14(9)13(12)16(20)21/h3-4,7-8,10-11,22H,1-2,5-6H2,(H3,18,19)(H,20,21)/t7?,8-,10-,11-/m1/s1. The fourth-order valence-corrected chi connectivity index (χ4v) is 5.29. The Morgan fingerprint density at radius 2 is 2.17 bits per heavy atom. The van der Waals surface area contributed by atoms with Crippen molar-refractivity contribution < 1.29 is 19.6 Å². The van der Waals surface area contributed by atoms with E-state index in [1.54, 1.807) is 0 Å². The van der Waals surface area contributed by atoms with Crippen molar-refractivity contribution in [1.82, 2.24) is 0 Å². The van der Waals surface area contributed by atoms with Gasteiger partial charge < -0.3 is 20.5 Å². The molecule has 1 aromatic carbocycles. The van der Waals surface area contributed by atoms with Crippen LogP contribution in [0.5, 0.6) is 5.75 Å². The SMILES string of the molecule is N=C(N)C1CC[C@@H](Sc2ccc3c(c2C(=O)O)OB(O)[C@@H]2C[C@H]32)C1. The first-order valence-electron chi connectivity index (χ1n) is 8.21. The summed E-state index contributed by atoms with van der Waals surface area (Å²) in [5.74, 6) is -0.0631. The minimum atomic E-state index is -1.03. The molecule has 0 spiro atoms. The summed E-state index contributed by atoms with van der Waals surface area (Å²) >= 11 is 1.52. The summed E-state index contributed by atoms with van der Waals surface area (Å²) in [4.78, 5) is 12.5. The predicted molar refractivity (Wildman–Crippen MR) is 92.0 cm³/mol. The molecular formula is C16H19BN2O4S. The minimum Gasteiger partial charge on any atom is -0.535 e. The number of nitrogens with one attached hydrogen (secondary N) is 1. The van der Waals surface area contributed by atoms with Crippen LogP contribution < -0.4 is 10.4 Å². The molecule has 3 aliphatic rings. The van der Waals surface area contributed by atoms with Gasteiger partial charge in [-0.2, -0.15) is 0 Å². The number of nitrogens with two attached hydrogens (primary N) is 1. The molecule has 5 N–H and O–H groups in total. The average Bonchev–Trinajstić information content (AvgIpc) is 3.19. The fraction of sp³-hybridized carbons (Fsp3) is 0.500. The topological polar surface area (TPSA) is 117 Å². The summed E-state index contributed by atoms with van der Waals surface area (Å²) in [6, 6.07) is 3.81. The van der Waals surface area contributed by atoms with Crippen LogP contribution in [0.1, 0.15) is 47.5 Å². The third-order valence-corrected chi connectivity index (χ3v) is 6.68. The second kappa shape index (κ2) is 5.70. The Bertz CT molecular complexity index is 728. The highest BCUT2D eigenvalue weighted by Crippen LogP contribution is 2.60. The number of carboxylic acids is 1. The van der Waals surface area contributed by atoms with E-state index in [2.05, 4.69) is 0 Å². The number of hydrogen-bond acceptors (Lipinski definition) is 5. The summed E-state index contributed by atoms with van der Waals surface area (Å²) in [6.45, 7) is 0. The molecular weight excluding hydrogens is 327 g/mol. The van der Waals surface area contributed by atoms with Crippen LogP contribution in [0.2, 0.25) is 5.82 Å². The number of amidine groups is 1. The van der Waals surface area contributed by atoms with E-state index in [0.717, 1.165) is 31.2 Å². The van der Waals surface area contributed by atoms with Gasteiger partial charge in [-0.1, -0.05) is 6.07 Å². The predicted octanol–water partition coefficient (Wildman–Crippen LogP) is 2.31. The molecule has 0 amide bonds. The smallest absolute Gasteiger partial charge is 0.526 e. The number of carboxylic acid groups (broad SMARTS) is 1. The van der Waals surface area contributed by atoms with Crippen molar-refractivity contribution >= 4 is 30.7 Å². The Labute approximate surface area is 144 Å². The zero-order chi connectivity index (χ0) is 17.0. The highest BCUT2D eigenvalue weighted by molar-refractivity contribution is 8.00. The Balaban J connectivity index is 1.63. The summed E-state index contributed by atoms with van der Waals surface area (Å²) in [5.41, 5.74) is 6.65. The van der Waals surface area contributed by atoms with Gasteiger partial charge in [0.25, 0.3) is 0 Å². The zero-order valence-corrected chi connectivity index (χ0v) is 13.9. The molecule has 24 heavy (non-hydrogen) atoms. The summed E-state index contributed by atoms with van der Waals surface area (Å²) in [6.07, 6.45) is 3.44. The van der Waals surface area contributed by atoms with Crippen molar-refractivity contribution in [2.24, 2.45) is 11.7 Å². The molecule has 4 atom stereocenters. The molecule has 2 fully saturated rings. The van der Waals surface area contributed by atoms with Gasteiger partial charge in [-0.25, -0.2) is 4.79 Å². The molecule has 1 aromatic rings. The molecule has 2 saturated carbocycles. The first-order valence-corrected chi connectivity index (χ1v) is 9.09. The molecule has 0 bridgehead atoms. The number of aromatic carboxylic acids is 1. The number of hydrogen-bond donors (Lipinski definition) is 4. The fourth-order valence-electron chi connectivity index (χ4n) is 3.91. The molecule has 126 valence electrons. The van der Waals surface area contributed by atoms with Gasteiger partial charge in [0, 0.05) is 21.9 Å². The van der Waals surface area contributed by atoms with Crippen LogP contribution in [0.25, 0.3) is 0 Å². The Hall–Kier alpha value is -1.67. The Morgan fingerprint density at radius 1 is 1.38 bits per heavy atom. The van der Waals surface area contributed by atoms with Crippen LogP contribution in [0.15, 0.2) is 17.0 Å².